The Morgan fingerprint density at radius 2 is 0.384 bits per heavy atom. The summed E-state index contributed by atoms with van der Waals surface area (Å²) in [6.45, 7) is 0. The van der Waals surface area contributed by atoms with Crippen molar-refractivity contribution in [1.82, 2.24) is 9.13 Å². The van der Waals surface area contributed by atoms with Crippen LogP contribution >= 0.6 is 0 Å². The average molecular weight is 1420 g/mol. The van der Waals surface area contributed by atoms with Gasteiger partial charge in [-0.3, -0.25) is 0 Å². The molecule has 2 heteroatoms. The predicted molar refractivity (Wildman–Crippen MR) is 480 cm³/mol. The molecule has 23 aromatic rings. The molecule has 0 atom stereocenters. The van der Waals surface area contributed by atoms with E-state index in [0.717, 1.165) is 11.4 Å². The Labute approximate surface area is 648 Å². The zero-order chi connectivity index (χ0) is 73.7. The summed E-state index contributed by atoms with van der Waals surface area (Å²) in [6.07, 6.45) is 0. The van der Waals surface area contributed by atoms with Crippen LogP contribution in [0.15, 0.2) is 425 Å². The Morgan fingerprint density at radius 3 is 0.768 bits per heavy atom. The van der Waals surface area contributed by atoms with Gasteiger partial charge in [0.2, 0.25) is 0 Å². The molecule has 21 aromatic carbocycles. The molecule has 0 aliphatic carbocycles. The molecule has 0 saturated heterocycles. The van der Waals surface area contributed by atoms with Crippen LogP contribution in [0.2, 0.25) is 0 Å². The summed E-state index contributed by atoms with van der Waals surface area (Å²) in [5.41, 5.74) is 24.5. The van der Waals surface area contributed by atoms with Crippen LogP contribution in [-0.4, -0.2) is 9.13 Å². The second-order valence-corrected chi connectivity index (χ2v) is 29.7. The molecular formula is C110H70N2. The van der Waals surface area contributed by atoms with Crippen LogP contribution in [0.25, 0.3) is 219 Å². The average Bonchev–Trinajstić information content (AvgIpc) is 1.22. The van der Waals surface area contributed by atoms with E-state index in [-0.39, 0.29) is 0 Å². The number of rotatable bonds is 9. The van der Waals surface area contributed by atoms with Crippen LogP contribution in [0.3, 0.4) is 0 Å². The van der Waals surface area contributed by atoms with Crippen LogP contribution in [-0.2, 0) is 0 Å². The number of hydrogen-bond donors (Lipinski definition) is 0. The summed E-state index contributed by atoms with van der Waals surface area (Å²) >= 11 is 0. The second kappa shape index (κ2) is 26.6. The van der Waals surface area contributed by atoms with Gasteiger partial charge in [0.25, 0.3) is 0 Å². The summed E-state index contributed by atoms with van der Waals surface area (Å²) in [5.74, 6) is 0. The fourth-order valence-electron chi connectivity index (χ4n) is 18.5. The van der Waals surface area contributed by atoms with Gasteiger partial charge < -0.3 is 9.13 Å². The quantitative estimate of drug-likeness (QED) is 0.128. The fourth-order valence-corrected chi connectivity index (χ4v) is 18.5. The standard InChI is InChI=1S/C58H37N.C52H33N/c1-2-16-40(17-3-1)57-49-22-8-10-24-51(49)58(52-25-11-9-23-50(52)57)41-28-32-44(33-29-41)59-55-34-30-42(47-26-12-18-38-14-4-6-20-45(38)47)36-53(55)54-37-43(31-35-56(54)59)48-27-13-19-39-15-5-7-21-46(39)48;1-2-14-37-32-39(25-24-34(37)12-1)52-46-20-7-5-18-44(46)51(45-19-6-8-21-47(45)52)36-26-29-40(30-27-36)53-49-23-10-9-17-43(49)48-33-38(28-31-50(48)53)42-22-11-15-35-13-3-4-16-41(35)42/h1-37H;1-33H. The van der Waals surface area contributed by atoms with E-state index < -0.39 is 0 Å². The molecule has 0 radical (unpaired) electrons. The van der Waals surface area contributed by atoms with Crippen LogP contribution < -0.4 is 0 Å². The Morgan fingerprint density at radius 1 is 0.125 bits per heavy atom. The summed E-state index contributed by atoms with van der Waals surface area (Å²) in [5, 5.41) is 25.2. The number of nitrogens with zero attached hydrogens (tertiary/aromatic N) is 2. The molecule has 0 amide bonds. The zero-order valence-corrected chi connectivity index (χ0v) is 61.3. The first-order valence-corrected chi connectivity index (χ1v) is 38.8. The molecule has 0 fully saturated rings. The van der Waals surface area contributed by atoms with Crippen LogP contribution in [0.4, 0.5) is 0 Å². The van der Waals surface area contributed by atoms with Gasteiger partial charge >= 0.3 is 0 Å². The first kappa shape index (κ1) is 64.5. The van der Waals surface area contributed by atoms with E-state index in [1.807, 2.05) is 0 Å². The molecule has 0 spiro atoms. The molecule has 0 N–H and O–H groups in total. The molecule has 0 unspecified atom stereocenters. The van der Waals surface area contributed by atoms with E-state index in [0.29, 0.717) is 0 Å². The second-order valence-electron chi connectivity index (χ2n) is 29.7. The third kappa shape index (κ3) is 10.6. The van der Waals surface area contributed by atoms with E-state index >= 15 is 0 Å². The van der Waals surface area contributed by atoms with E-state index in [9.17, 15) is 0 Å². The van der Waals surface area contributed by atoms with Gasteiger partial charge in [0, 0.05) is 32.9 Å². The number of hydrogen-bond acceptors (Lipinski definition) is 0. The molecule has 0 aliphatic heterocycles. The van der Waals surface area contributed by atoms with Crippen LogP contribution in [0.5, 0.6) is 0 Å². The maximum atomic E-state index is 2.45. The van der Waals surface area contributed by atoms with Gasteiger partial charge in [0.15, 0.2) is 0 Å². The SMILES string of the molecule is c1ccc(-c2c3ccccc3c(-c3ccc(-n4c5ccc(-c6cccc7ccccc67)cc5c5cc(-c6cccc7ccccc67)ccc54)cc3)c3ccccc23)cc1.c1ccc2cc(-c3c4ccccc4c(-c4ccc(-n5c6ccccc6c6cc(-c7cccc8ccccc78)ccc65)cc4)c4ccccc34)ccc2c1. The van der Waals surface area contributed by atoms with Crippen molar-refractivity contribution in [3.8, 4) is 89.3 Å². The topological polar surface area (TPSA) is 9.86 Å². The molecule has 0 aliphatic rings. The number of aromatic nitrogens is 2. The van der Waals surface area contributed by atoms with E-state index in [1.54, 1.807) is 0 Å². The monoisotopic (exact) mass is 1420 g/mol. The van der Waals surface area contributed by atoms with Crippen molar-refractivity contribution in [2.45, 2.75) is 0 Å². The summed E-state index contributed by atoms with van der Waals surface area (Å²) in [4.78, 5) is 0. The van der Waals surface area contributed by atoms with Crippen molar-refractivity contribution in [1.29, 1.82) is 0 Å². The first-order valence-electron chi connectivity index (χ1n) is 38.8. The van der Waals surface area contributed by atoms with Crippen molar-refractivity contribution >= 4 is 130 Å². The van der Waals surface area contributed by atoms with Gasteiger partial charge in [-0.05, 0) is 237 Å². The molecule has 23 rings (SSSR count). The highest BCUT2D eigenvalue weighted by molar-refractivity contribution is 6.24. The Kier molecular flexibility index (Phi) is 15.3. The van der Waals surface area contributed by atoms with Gasteiger partial charge in [-0.15, -0.1) is 0 Å². The maximum Gasteiger partial charge on any atom is 0.0541 e. The van der Waals surface area contributed by atoms with Gasteiger partial charge in [-0.2, -0.15) is 0 Å². The lowest BCUT2D eigenvalue weighted by Gasteiger charge is -2.18. The van der Waals surface area contributed by atoms with Crippen molar-refractivity contribution in [2.24, 2.45) is 0 Å². The van der Waals surface area contributed by atoms with Crippen molar-refractivity contribution < 1.29 is 0 Å². The van der Waals surface area contributed by atoms with E-state index in [4.69, 9.17) is 0 Å². The lowest BCUT2D eigenvalue weighted by atomic mass is 9.85. The molecule has 0 saturated carbocycles. The molecule has 2 nitrogen and oxygen atoms in total. The summed E-state index contributed by atoms with van der Waals surface area (Å²) in [6, 6.07) is 156. The molecule has 112 heavy (non-hydrogen) atoms. The Bertz CT molecular complexity index is 7460. The summed E-state index contributed by atoms with van der Waals surface area (Å²) < 4.78 is 4.86. The molecule has 0 bridgehead atoms. The van der Waals surface area contributed by atoms with Gasteiger partial charge in [-0.1, -0.05) is 352 Å². The largest absolute Gasteiger partial charge is 0.309 e. The predicted octanol–water partition coefficient (Wildman–Crippen LogP) is 30.5. The number of benzene rings is 21. The highest BCUT2D eigenvalue weighted by atomic mass is 15.0. The zero-order valence-electron chi connectivity index (χ0n) is 61.3. The third-order valence-electron chi connectivity index (χ3n) is 23.5. The fraction of sp³-hybridized carbons (Fsp3) is 0. The minimum atomic E-state index is 1.14. The van der Waals surface area contributed by atoms with Gasteiger partial charge in [0.05, 0.1) is 22.1 Å². The van der Waals surface area contributed by atoms with Gasteiger partial charge in [-0.25, -0.2) is 0 Å². The van der Waals surface area contributed by atoms with Crippen molar-refractivity contribution in [3.63, 3.8) is 0 Å². The Balaban J connectivity index is 0.000000138. The molecular weight excluding hydrogens is 1350 g/mol. The van der Waals surface area contributed by atoms with E-state index in [1.165, 1.54) is 208 Å². The lowest BCUT2D eigenvalue weighted by molar-refractivity contribution is 1.18. The number of para-hydroxylation sites is 1. The van der Waals surface area contributed by atoms with Crippen molar-refractivity contribution in [2.75, 3.05) is 0 Å². The normalized spacial score (nSPS) is 11.8. The summed E-state index contributed by atoms with van der Waals surface area (Å²) in [7, 11) is 0. The maximum absolute atomic E-state index is 2.45. The highest BCUT2D eigenvalue weighted by Crippen LogP contribution is 2.48. The van der Waals surface area contributed by atoms with Crippen molar-refractivity contribution in [3.05, 3.63) is 425 Å². The lowest BCUT2D eigenvalue weighted by Crippen LogP contribution is -1.95. The minimum absolute atomic E-state index is 1.14. The Hall–Kier alpha value is -14.7. The third-order valence-corrected chi connectivity index (χ3v) is 23.5. The van der Waals surface area contributed by atoms with E-state index in [2.05, 4.69) is 434 Å². The number of fused-ring (bicyclic) bond motifs is 14. The molecule has 520 valence electrons. The minimum Gasteiger partial charge on any atom is -0.309 e. The smallest absolute Gasteiger partial charge is 0.0541 e. The first-order chi connectivity index (χ1) is 55.6. The van der Waals surface area contributed by atoms with Gasteiger partial charge in [0.1, 0.15) is 0 Å². The molecule has 2 aromatic heterocycles. The van der Waals surface area contributed by atoms with Crippen LogP contribution in [0.1, 0.15) is 0 Å². The highest BCUT2D eigenvalue weighted by Gasteiger charge is 2.23. The molecule has 2 heterocycles. The van der Waals surface area contributed by atoms with Crippen LogP contribution in [0, 0.1) is 0 Å².